The zero-order chi connectivity index (χ0) is 20.1. The van der Waals surface area contributed by atoms with Gasteiger partial charge in [-0.05, 0) is 42.5 Å². The van der Waals surface area contributed by atoms with E-state index in [1.807, 2.05) is 24.3 Å². The lowest BCUT2D eigenvalue weighted by atomic mass is 10.2. The van der Waals surface area contributed by atoms with Crippen LogP contribution in [0.3, 0.4) is 0 Å². The van der Waals surface area contributed by atoms with Crippen LogP contribution < -0.4 is 20.9 Å². The Morgan fingerprint density at radius 2 is 1.82 bits per heavy atom. The van der Waals surface area contributed by atoms with E-state index >= 15 is 0 Å². The summed E-state index contributed by atoms with van der Waals surface area (Å²) in [6.07, 6.45) is 0. The highest BCUT2D eigenvalue weighted by molar-refractivity contribution is 9.10. The lowest BCUT2D eigenvalue weighted by molar-refractivity contribution is -0.123. The molecule has 6 nitrogen and oxygen atoms in total. The molecule has 0 fully saturated rings. The van der Waals surface area contributed by atoms with Gasteiger partial charge >= 0.3 is 0 Å². The number of hydrogen-bond acceptors (Lipinski definition) is 5. The predicted molar refractivity (Wildman–Crippen MR) is 118 cm³/mol. The highest BCUT2D eigenvalue weighted by atomic mass is 79.9. The third kappa shape index (κ3) is 5.20. The maximum absolute atomic E-state index is 12.4. The molecule has 0 saturated carbocycles. The molecule has 3 rings (SSSR count). The number of benzene rings is 2. The first-order chi connectivity index (χ1) is 13.4. The molecule has 1 aromatic heterocycles. The van der Waals surface area contributed by atoms with Crippen molar-refractivity contribution in [3.8, 4) is 5.75 Å². The molecule has 3 N–H and O–H groups in total. The van der Waals surface area contributed by atoms with Gasteiger partial charge in [0.2, 0.25) is 0 Å². The molecule has 3 aromatic rings. The van der Waals surface area contributed by atoms with Crippen molar-refractivity contribution in [1.29, 1.82) is 0 Å². The van der Waals surface area contributed by atoms with Crippen LogP contribution in [-0.4, -0.2) is 23.5 Å². The minimum Gasteiger partial charge on any atom is -0.484 e. The summed E-state index contributed by atoms with van der Waals surface area (Å²) >= 11 is 15.9. The van der Waals surface area contributed by atoms with Crippen LogP contribution in [0.5, 0.6) is 5.75 Å². The zero-order valence-corrected chi connectivity index (χ0v) is 18.1. The maximum Gasteiger partial charge on any atom is 0.276 e. The fourth-order valence-electron chi connectivity index (χ4n) is 2.19. The van der Waals surface area contributed by atoms with E-state index in [4.69, 9.17) is 28.6 Å². The molecule has 2 aromatic carbocycles. The molecule has 0 aliphatic rings. The van der Waals surface area contributed by atoms with Gasteiger partial charge in [-0.1, -0.05) is 45.7 Å². The number of halogens is 2. The molecule has 1 heterocycles. The number of thiophene rings is 1. The van der Waals surface area contributed by atoms with Crippen molar-refractivity contribution in [1.82, 2.24) is 16.2 Å². The number of hydrazine groups is 1. The average Bonchev–Trinajstić information content (AvgIpc) is 3.03. The van der Waals surface area contributed by atoms with E-state index in [1.54, 1.807) is 24.3 Å². The fourth-order valence-corrected chi connectivity index (χ4v) is 4.01. The van der Waals surface area contributed by atoms with Gasteiger partial charge in [0.25, 0.3) is 11.8 Å². The minimum absolute atomic E-state index is 0.0597. The molecule has 144 valence electrons. The Hall–Kier alpha value is -2.20. The Morgan fingerprint density at radius 3 is 2.54 bits per heavy atom. The monoisotopic (exact) mass is 497 g/mol. The van der Waals surface area contributed by atoms with Gasteiger partial charge in [0.15, 0.2) is 11.7 Å². The molecule has 0 atom stereocenters. The van der Waals surface area contributed by atoms with Gasteiger partial charge < -0.3 is 4.74 Å². The van der Waals surface area contributed by atoms with E-state index in [-0.39, 0.29) is 11.7 Å². The second-order valence-electron chi connectivity index (χ2n) is 5.44. The number of nitrogens with one attached hydrogen (secondary N) is 3. The van der Waals surface area contributed by atoms with Gasteiger partial charge in [-0.15, -0.1) is 11.3 Å². The third-order valence-electron chi connectivity index (χ3n) is 3.47. The van der Waals surface area contributed by atoms with Crippen molar-refractivity contribution >= 4 is 78.1 Å². The maximum atomic E-state index is 12.4. The summed E-state index contributed by atoms with van der Waals surface area (Å²) in [4.78, 5) is 24.5. The fraction of sp³-hybridized carbons (Fsp3) is 0.0556. The Balaban J connectivity index is 1.48. The lowest BCUT2D eigenvalue weighted by Crippen LogP contribution is -2.49. The average molecular weight is 499 g/mol. The van der Waals surface area contributed by atoms with E-state index in [0.717, 1.165) is 14.6 Å². The Labute approximate surface area is 183 Å². The van der Waals surface area contributed by atoms with Gasteiger partial charge in [0.05, 0.1) is 5.02 Å². The van der Waals surface area contributed by atoms with E-state index in [0.29, 0.717) is 15.6 Å². The van der Waals surface area contributed by atoms with Crippen molar-refractivity contribution in [2.24, 2.45) is 0 Å². The van der Waals surface area contributed by atoms with Crippen molar-refractivity contribution in [2.75, 3.05) is 6.61 Å². The number of thiocarbonyl (C=S) groups is 1. The van der Waals surface area contributed by atoms with Gasteiger partial charge in [0, 0.05) is 14.6 Å². The second kappa shape index (κ2) is 9.33. The SMILES string of the molecule is O=C(COc1ccc(Br)cc1)NNC(=S)NC(=O)c1sc2ccccc2c1Cl. The molecule has 0 bridgehead atoms. The molecule has 0 unspecified atom stereocenters. The molecule has 0 radical (unpaired) electrons. The molecule has 10 heteroatoms. The molecule has 2 amide bonds. The van der Waals surface area contributed by atoms with Crippen molar-refractivity contribution in [2.45, 2.75) is 0 Å². The Bertz CT molecular complexity index is 1040. The number of hydrogen-bond donors (Lipinski definition) is 3. The van der Waals surface area contributed by atoms with Crippen LogP contribution in [-0.2, 0) is 4.79 Å². The Morgan fingerprint density at radius 1 is 1.11 bits per heavy atom. The largest absolute Gasteiger partial charge is 0.484 e. The van der Waals surface area contributed by atoms with Crippen LogP contribution in [0.1, 0.15) is 9.67 Å². The smallest absolute Gasteiger partial charge is 0.276 e. The number of fused-ring (bicyclic) bond motifs is 1. The van der Waals surface area contributed by atoms with Crippen LogP contribution in [0.4, 0.5) is 0 Å². The van der Waals surface area contributed by atoms with Crippen LogP contribution in [0.15, 0.2) is 53.0 Å². The summed E-state index contributed by atoms with van der Waals surface area (Å²) in [6, 6.07) is 14.5. The minimum atomic E-state index is -0.459. The lowest BCUT2D eigenvalue weighted by Gasteiger charge is -2.11. The van der Waals surface area contributed by atoms with E-state index in [1.165, 1.54) is 11.3 Å². The molecule has 0 aliphatic carbocycles. The molecular formula is C18H13BrClN3O3S2. The molecule has 28 heavy (non-hydrogen) atoms. The number of carbonyl (C=O) groups excluding carboxylic acids is 2. The first-order valence-corrected chi connectivity index (χ1v) is 10.3. The normalized spacial score (nSPS) is 10.4. The highest BCUT2D eigenvalue weighted by Gasteiger charge is 2.18. The molecule has 0 aliphatic heterocycles. The molecular weight excluding hydrogens is 486 g/mol. The topological polar surface area (TPSA) is 79.5 Å². The highest BCUT2D eigenvalue weighted by Crippen LogP contribution is 2.34. The Kier molecular flexibility index (Phi) is 6.84. The molecule has 0 saturated heterocycles. The van der Waals surface area contributed by atoms with Crippen LogP contribution in [0, 0.1) is 0 Å². The van der Waals surface area contributed by atoms with E-state index < -0.39 is 11.8 Å². The summed E-state index contributed by atoms with van der Waals surface area (Å²) in [5.74, 6) is -0.364. The first kappa shape index (κ1) is 20.5. The summed E-state index contributed by atoms with van der Waals surface area (Å²) in [6.45, 7) is -0.215. The summed E-state index contributed by atoms with van der Waals surface area (Å²) in [5.41, 5.74) is 4.81. The van der Waals surface area contributed by atoms with E-state index in [2.05, 4.69) is 32.1 Å². The van der Waals surface area contributed by atoms with Gasteiger partial charge in [-0.3, -0.25) is 25.8 Å². The summed E-state index contributed by atoms with van der Waals surface area (Å²) < 4.78 is 7.14. The summed E-state index contributed by atoms with van der Waals surface area (Å²) in [7, 11) is 0. The summed E-state index contributed by atoms with van der Waals surface area (Å²) in [5, 5.41) is 3.59. The standard InChI is InChI=1S/C18H13BrClN3O3S2/c19-10-5-7-11(8-6-10)26-9-14(24)22-23-18(27)21-17(25)16-15(20)12-3-1-2-4-13(12)28-16/h1-8H,9H2,(H,22,24)(H2,21,23,25,27). The zero-order valence-electron chi connectivity index (χ0n) is 14.1. The van der Waals surface area contributed by atoms with Crippen molar-refractivity contribution < 1.29 is 14.3 Å². The number of carbonyl (C=O) groups is 2. The van der Waals surface area contributed by atoms with Crippen LogP contribution >= 0.6 is 51.1 Å². The van der Waals surface area contributed by atoms with Gasteiger partial charge in [0.1, 0.15) is 10.6 Å². The number of amides is 2. The van der Waals surface area contributed by atoms with E-state index in [9.17, 15) is 9.59 Å². The third-order valence-corrected chi connectivity index (χ3v) is 5.87. The van der Waals surface area contributed by atoms with Crippen molar-refractivity contribution in [3.63, 3.8) is 0 Å². The first-order valence-electron chi connectivity index (χ1n) is 7.89. The quantitative estimate of drug-likeness (QED) is 0.374. The van der Waals surface area contributed by atoms with Crippen LogP contribution in [0.25, 0.3) is 10.1 Å². The number of ether oxygens (including phenoxy) is 1. The number of rotatable bonds is 4. The predicted octanol–water partition coefficient (Wildman–Crippen LogP) is 4.03. The van der Waals surface area contributed by atoms with Crippen LogP contribution in [0.2, 0.25) is 5.02 Å². The molecule has 0 spiro atoms. The van der Waals surface area contributed by atoms with Gasteiger partial charge in [-0.2, -0.15) is 0 Å². The second-order valence-corrected chi connectivity index (χ2v) is 8.19. The van der Waals surface area contributed by atoms with Gasteiger partial charge in [-0.25, -0.2) is 0 Å². The van der Waals surface area contributed by atoms with Crippen molar-refractivity contribution in [3.05, 3.63) is 62.9 Å².